The van der Waals surface area contributed by atoms with E-state index in [1.165, 1.54) is 0 Å². The van der Waals surface area contributed by atoms with Gasteiger partial charge in [0.2, 0.25) is 11.8 Å². The fourth-order valence-electron chi connectivity index (χ4n) is 3.76. The number of nitrogens with one attached hydrogen (secondary N) is 1. The van der Waals surface area contributed by atoms with Crippen LogP contribution < -0.4 is 10.1 Å². The van der Waals surface area contributed by atoms with Crippen LogP contribution in [0.2, 0.25) is 0 Å². The summed E-state index contributed by atoms with van der Waals surface area (Å²) in [6.07, 6.45) is 4.37. The maximum Gasteiger partial charge on any atom is 0.246 e. The minimum absolute atomic E-state index is 0.0100. The number of fused-ring (bicyclic) bond motifs is 1. The molecule has 0 aromatic heterocycles. The first-order valence-electron chi connectivity index (χ1n) is 10.8. The van der Waals surface area contributed by atoms with E-state index in [-0.39, 0.29) is 17.4 Å². The second kappa shape index (κ2) is 9.96. The Morgan fingerprint density at radius 1 is 1.03 bits per heavy atom. The topological polar surface area (TPSA) is 61.9 Å². The number of benzene rings is 2. The van der Waals surface area contributed by atoms with Crippen LogP contribution in [0, 0.1) is 0 Å². The molecule has 2 amide bonds. The van der Waals surface area contributed by atoms with Crippen LogP contribution in [0.25, 0.3) is 16.8 Å². The third kappa shape index (κ3) is 6.82. The lowest BCUT2D eigenvalue weighted by Crippen LogP contribution is -2.46. The maximum absolute atomic E-state index is 12.7. The number of carbonyl (C=O) groups excluding carboxylic acids is 2. The monoisotopic (exact) mass is 423 g/mol. The van der Waals surface area contributed by atoms with Crippen LogP contribution in [0.4, 0.5) is 0 Å². The van der Waals surface area contributed by atoms with Crippen LogP contribution in [0.1, 0.15) is 32.8 Å². The van der Waals surface area contributed by atoms with Crippen LogP contribution in [0.15, 0.2) is 42.5 Å². The van der Waals surface area contributed by atoms with Gasteiger partial charge in [0.05, 0.1) is 13.7 Å². The molecule has 1 fully saturated rings. The summed E-state index contributed by atoms with van der Waals surface area (Å²) in [7, 11) is 1.66. The molecule has 3 rings (SSSR count). The van der Waals surface area contributed by atoms with Crippen molar-refractivity contribution in [2.45, 2.75) is 32.7 Å². The van der Waals surface area contributed by atoms with Crippen LogP contribution in [0.5, 0.6) is 5.75 Å². The number of carbonyl (C=O) groups is 2. The third-order valence-electron chi connectivity index (χ3n) is 5.27. The highest BCUT2D eigenvalue weighted by Crippen LogP contribution is 2.22. The van der Waals surface area contributed by atoms with Gasteiger partial charge in [-0.15, -0.1) is 0 Å². The van der Waals surface area contributed by atoms with Gasteiger partial charge in [0.25, 0.3) is 0 Å². The van der Waals surface area contributed by atoms with Crippen molar-refractivity contribution in [1.82, 2.24) is 15.1 Å². The number of ether oxygens (including phenoxy) is 1. The first-order valence-corrected chi connectivity index (χ1v) is 10.8. The summed E-state index contributed by atoms with van der Waals surface area (Å²) < 4.78 is 5.27. The standard InChI is InChI=1S/C25H33N3O3/c1-25(2,3)26-23(29)18-27-12-5-13-28(15-14-27)24(30)11-7-19-6-8-21-17-22(31-4)10-9-20(21)16-19/h6-11,16-17H,5,12-15,18H2,1-4H3,(H,26,29)/b11-7+. The van der Waals surface area contributed by atoms with Gasteiger partial charge in [-0.2, -0.15) is 0 Å². The molecule has 1 aliphatic heterocycles. The molecule has 0 saturated carbocycles. The fourth-order valence-corrected chi connectivity index (χ4v) is 3.76. The van der Waals surface area contributed by atoms with Crippen LogP contribution in [0.3, 0.4) is 0 Å². The van der Waals surface area contributed by atoms with E-state index in [9.17, 15) is 9.59 Å². The number of hydrogen-bond donors (Lipinski definition) is 1. The number of hydrogen-bond acceptors (Lipinski definition) is 4. The molecule has 1 saturated heterocycles. The van der Waals surface area contributed by atoms with Crippen LogP contribution >= 0.6 is 0 Å². The molecule has 0 bridgehead atoms. The van der Waals surface area contributed by atoms with Crippen molar-refractivity contribution in [2.75, 3.05) is 39.8 Å². The summed E-state index contributed by atoms with van der Waals surface area (Å²) in [5.74, 6) is 0.869. The summed E-state index contributed by atoms with van der Waals surface area (Å²) in [6.45, 7) is 9.16. The quantitative estimate of drug-likeness (QED) is 0.750. The average Bonchev–Trinajstić information content (AvgIpc) is 2.95. The van der Waals surface area contributed by atoms with Crippen molar-refractivity contribution < 1.29 is 14.3 Å². The minimum Gasteiger partial charge on any atom is -0.497 e. The van der Waals surface area contributed by atoms with Gasteiger partial charge in [-0.1, -0.05) is 18.2 Å². The Bertz CT molecular complexity index is 962. The molecule has 0 unspecified atom stereocenters. The Labute approximate surface area is 184 Å². The van der Waals surface area contributed by atoms with Gasteiger partial charge in [-0.3, -0.25) is 14.5 Å². The molecule has 1 heterocycles. The zero-order valence-electron chi connectivity index (χ0n) is 19.0. The molecular weight excluding hydrogens is 390 g/mol. The van der Waals surface area contributed by atoms with Crippen molar-refractivity contribution in [3.8, 4) is 5.75 Å². The largest absolute Gasteiger partial charge is 0.497 e. The smallest absolute Gasteiger partial charge is 0.246 e. The summed E-state index contributed by atoms with van der Waals surface area (Å²) in [6, 6.07) is 12.1. The molecule has 1 N–H and O–H groups in total. The van der Waals surface area contributed by atoms with Gasteiger partial charge in [0.15, 0.2) is 0 Å². The molecule has 0 atom stereocenters. The van der Waals surface area contributed by atoms with Gasteiger partial charge in [0.1, 0.15) is 5.75 Å². The van der Waals surface area contributed by atoms with E-state index in [1.807, 2.05) is 62.1 Å². The Morgan fingerprint density at radius 2 is 1.77 bits per heavy atom. The first-order chi connectivity index (χ1) is 14.7. The van der Waals surface area contributed by atoms with Crippen molar-refractivity contribution in [2.24, 2.45) is 0 Å². The molecule has 2 aromatic carbocycles. The molecule has 0 spiro atoms. The highest BCUT2D eigenvalue weighted by molar-refractivity contribution is 5.93. The van der Waals surface area contributed by atoms with Gasteiger partial charge >= 0.3 is 0 Å². The Kier molecular flexibility index (Phi) is 7.33. The Balaban J connectivity index is 1.56. The van der Waals surface area contributed by atoms with E-state index < -0.39 is 0 Å². The second-order valence-electron chi connectivity index (χ2n) is 9.06. The van der Waals surface area contributed by atoms with E-state index in [0.29, 0.717) is 26.2 Å². The second-order valence-corrected chi connectivity index (χ2v) is 9.06. The first kappa shape index (κ1) is 22.8. The number of methoxy groups -OCH3 is 1. The van der Waals surface area contributed by atoms with Crippen molar-refractivity contribution in [1.29, 1.82) is 0 Å². The molecule has 1 aliphatic rings. The summed E-state index contributed by atoms with van der Waals surface area (Å²) in [5, 5.41) is 5.21. The Hall–Kier alpha value is -2.86. The summed E-state index contributed by atoms with van der Waals surface area (Å²) in [4.78, 5) is 28.9. The average molecular weight is 424 g/mol. The lowest BCUT2D eigenvalue weighted by molar-refractivity contribution is -0.125. The zero-order valence-corrected chi connectivity index (χ0v) is 19.0. The Morgan fingerprint density at radius 3 is 2.52 bits per heavy atom. The van der Waals surface area contributed by atoms with E-state index in [4.69, 9.17) is 4.74 Å². The molecule has 2 aromatic rings. The van der Waals surface area contributed by atoms with Gasteiger partial charge < -0.3 is 15.0 Å². The van der Waals surface area contributed by atoms with Crippen molar-refractivity contribution in [3.05, 3.63) is 48.0 Å². The highest BCUT2D eigenvalue weighted by atomic mass is 16.5. The van der Waals surface area contributed by atoms with E-state index in [2.05, 4.69) is 16.3 Å². The van der Waals surface area contributed by atoms with Crippen molar-refractivity contribution in [3.63, 3.8) is 0 Å². The van der Waals surface area contributed by atoms with E-state index in [0.717, 1.165) is 35.1 Å². The lowest BCUT2D eigenvalue weighted by Gasteiger charge is -2.24. The molecule has 0 radical (unpaired) electrons. The molecule has 0 aliphatic carbocycles. The molecule has 31 heavy (non-hydrogen) atoms. The van der Waals surface area contributed by atoms with Gasteiger partial charge in [0, 0.05) is 37.8 Å². The van der Waals surface area contributed by atoms with Crippen molar-refractivity contribution >= 4 is 28.7 Å². The lowest BCUT2D eigenvalue weighted by atomic mass is 10.1. The third-order valence-corrected chi connectivity index (χ3v) is 5.27. The molecule has 166 valence electrons. The molecule has 6 nitrogen and oxygen atoms in total. The number of nitrogens with zero attached hydrogens (tertiary/aromatic N) is 2. The summed E-state index contributed by atoms with van der Waals surface area (Å²) >= 11 is 0. The predicted octanol–water partition coefficient (Wildman–Crippen LogP) is 3.31. The zero-order chi connectivity index (χ0) is 22.4. The number of amides is 2. The summed E-state index contributed by atoms with van der Waals surface area (Å²) in [5.41, 5.74) is 0.756. The van der Waals surface area contributed by atoms with E-state index in [1.54, 1.807) is 13.2 Å². The van der Waals surface area contributed by atoms with E-state index >= 15 is 0 Å². The predicted molar refractivity (Wildman–Crippen MR) is 125 cm³/mol. The van der Waals surface area contributed by atoms with Gasteiger partial charge in [-0.05, 0) is 67.8 Å². The normalized spacial score (nSPS) is 15.8. The minimum atomic E-state index is -0.232. The molecule has 6 heteroatoms. The van der Waals surface area contributed by atoms with Crippen LogP contribution in [-0.2, 0) is 9.59 Å². The SMILES string of the molecule is COc1ccc2cc(/C=C/C(=O)N3CCCN(CC(=O)NC(C)(C)C)CC3)ccc2c1. The maximum atomic E-state index is 12.7. The highest BCUT2D eigenvalue weighted by Gasteiger charge is 2.21. The van der Waals surface area contributed by atoms with Gasteiger partial charge in [-0.25, -0.2) is 0 Å². The fraction of sp³-hybridized carbons (Fsp3) is 0.440. The van der Waals surface area contributed by atoms with Crippen LogP contribution in [-0.4, -0.2) is 67.0 Å². The molecular formula is C25H33N3O3. The number of rotatable bonds is 5.